The van der Waals surface area contributed by atoms with Gasteiger partial charge in [0.1, 0.15) is 11.5 Å². The summed E-state index contributed by atoms with van der Waals surface area (Å²) < 4.78 is 11.4. The first kappa shape index (κ1) is 17.8. The number of allylic oxidation sites excluding steroid dienone is 1. The van der Waals surface area contributed by atoms with Gasteiger partial charge in [0.05, 0.1) is 5.56 Å². The first-order valence-electron chi connectivity index (χ1n) is 9.12. The fourth-order valence-electron chi connectivity index (χ4n) is 3.25. The number of rotatable bonds is 4. The molecule has 0 radical (unpaired) electrons. The van der Waals surface area contributed by atoms with Gasteiger partial charge >= 0.3 is 0 Å². The lowest BCUT2D eigenvalue weighted by Crippen LogP contribution is -2.40. The Morgan fingerprint density at radius 3 is 2.89 bits per heavy atom. The number of Topliss-reactive ketones (excluding diaryl/α,β-unsaturated/α-hetero) is 1. The molecule has 0 unspecified atom stereocenters. The molecule has 140 valence electrons. The highest BCUT2D eigenvalue weighted by Crippen LogP contribution is 2.35. The molecular weight excluding hydrogens is 362 g/mol. The Kier molecular flexibility index (Phi) is 4.99. The van der Waals surface area contributed by atoms with Gasteiger partial charge < -0.3 is 14.4 Å². The molecule has 4 rings (SSSR count). The molecule has 1 amide bonds. The number of benzene rings is 1. The van der Waals surface area contributed by atoms with E-state index in [0.29, 0.717) is 28.7 Å². The van der Waals surface area contributed by atoms with Gasteiger partial charge in [0.2, 0.25) is 5.78 Å². The second kappa shape index (κ2) is 7.56. The zero-order valence-corrected chi connectivity index (χ0v) is 16.0. The van der Waals surface area contributed by atoms with Crippen molar-refractivity contribution >= 4 is 29.1 Å². The minimum absolute atomic E-state index is 0.000986. The van der Waals surface area contributed by atoms with E-state index in [1.54, 1.807) is 35.6 Å². The van der Waals surface area contributed by atoms with Crippen molar-refractivity contribution in [2.24, 2.45) is 5.92 Å². The van der Waals surface area contributed by atoms with Crippen LogP contribution in [0, 0.1) is 5.92 Å². The van der Waals surface area contributed by atoms with Crippen LogP contribution in [0.25, 0.3) is 6.08 Å². The number of likely N-dealkylation sites (tertiary alicyclic amines) is 1. The van der Waals surface area contributed by atoms with Crippen LogP contribution in [0.3, 0.4) is 0 Å². The topological polar surface area (TPSA) is 55.8 Å². The number of piperidine rings is 1. The van der Waals surface area contributed by atoms with E-state index < -0.39 is 0 Å². The van der Waals surface area contributed by atoms with E-state index in [0.717, 1.165) is 30.8 Å². The largest absolute Gasteiger partial charge is 0.484 e. The third-order valence-electron chi connectivity index (χ3n) is 4.96. The van der Waals surface area contributed by atoms with E-state index in [1.165, 1.54) is 0 Å². The molecule has 1 aromatic carbocycles. The average Bonchev–Trinajstić information content (AvgIpc) is 3.29. The minimum atomic E-state index is -0.136. The second-order valence-corrected chi connectivity index (χ2v) is 7.94. The number of nitrogens with zero attached hydrogens (tertiary/aromatic N) is 1. The molecular formula is C21H21NO4S. The van der Waals surface area contributed by atoms with Gasteiger partial charge in [-0.05, 0) is 42.3 Å². The number of hydrogen-bond donors (Lipinski definition) is 0. The molecule has 1 aromatic heterocycles. The smallest absolute Gasteiger partial charge is 0.260 e. The van der Waals surface area contributed by atoms with Crippen LogP contribution in [-0.2, 0) is 4.79 Å². The monoisotopic (exact) mass is 383 g/mol. The third-order valence-corrected chi connectivity index (χ3v) is 5.78. The predicted octanol–water partition coefficient (Wildman–Crippen LogP) is 4.00. The van der Waals surface area contributed by atoms with Crippen molar-refractivity contribution in [3.63, 3.8) is 0 Å². The number of ether oxygens (including phenoxy) is 2. The van der Waals surface area contributed by atoms with E-state index in [9.17, 15) is 9.59 Å². The van der Waals surface area contributed by atoms with Crippen LogP contribution >= 0.6 is 11.3 Å². The highest BCUT2D eigenvalue weighted by Gasteiger charge is 2.28. The Labute approximate surface area is 162 Å². The van der Waals surface area contributed by atoms with Crippen molar-refractivity contribution < 1.29 is 19.1 Å². The maximum absolute atomic E-state index is 12.4. The van der Waals surface area contributed by atoms with Crippen molar-refractivity contribution in [1.82, 2.24) is 4.90 Å². The van der Waals surface area contributed by atoms with E-state index in [4.69, 9.17) is 9.47 Å². The molecule has 0 atom stereocenters. The SMILES string of the molecule is CC1CCN(C(=O)COc2ccc3c(c2)OC(=Cc2cccs2)C3=O)CC1. The maximum atomic E-state index is 12.4. The summed E-state index contributed by atoms with van der Waals surface area (Å²) in [5.74, 6) is 1.85. The Hall–Kier alpha value is -2.60. The van der Waals surface area contributed by atoms with Crippen LogP contribution in [0.4, 0.5) is 0 Å². The molecule has 6 heteroatoms. The van der Waals surface area contributed by atoms with E-state index in [2.05, 4.69) is 6.92 Å². The lowest BCUT2D eigenvalue weighted by atomic mass is 9.99. The number of carbonyl (C=O) groups excluding carboxylic acids is 2. The Morgan fingerprint density at radius 2 is 2.15 bits per heavy atom. The summed E-state index contributed by atoms with van der Waals surface area (Å²) >= 11 is 1.54. The molecule has 2 aliphatic rings. The number of hydrogen-bond acceptors (Lipinski definition) is 5. The molecule has 27 heavy (non-hydrogen) atoms. The van der Waals surface area contributed by atoms with Gasteiger partial charge in [-0.2, -0.15) is 0 Å². The highest BCUT2D eigenvalue weighted by molar-refractivity contribution is 7.10. The molecule has 0 spiro atoms. The van der Waals surface area contributed by atoms with E-state index in [1.807, 2.05) is 22.4 Å². The summed E-state index contributed by atoms with van der Waals surface area (Å²) in [7, 11) is 0. The van der Waals surface area contributed by atoms with Crippen molar-refractivity contribution in [2.75, 3.05) is 19.7 Å². The summed E-state index contributed by atoms with van der Waals surface area (Å²) in [6, 6.07) is 8.93. The van der Waals surface area contributed by atoms with Crippen molar-refractivity contribution in [3.05, 3.63) is 51.9 Å². The van der Waals surface area contributed by atoms with Crippen LogP contribution in [0.1, 0.15) is 35.0 Å². The second-order valence-electron chi connectivity index (χ2n) is 6.97. The van der Waals surface area contributed by atoms with Crippen molar-refractivity contribution in [3.8, 4) is 11.5 Å². The first-order valence-corrected chi connectivity index (χ1v) is 10.0. The van der Waals surface area contributed by atoms with Gasteiger partial charge in [-0.1, -0.05) is 13.0 Å². The van der Waals surface area contributed by atoms with Crippen molar-refractivity contribution in [2.45, 2.75) is 19.8 Å². The number of carbonyl (C=O) groups is 2. The van der Waals surface area contributed by atoms with Gasteiger partial charge in [0, 0.05) is 30.1 Å². The molecule has 3 heterocycles. The molecule has 2 aliphatic heterocycles. The van der Waals surface area contributed by atoms with Crippen LogP contribution in [-0.4, -0.2) is 36.3 Å². The van der Waals surface area contributed by atoms with Crippen LogP contribution in [0.15, 0.2) is 41.5 Å². The molecule has 2 aromatic rings. The summed E-state index contributed by atoms with van der Waals surface area (Å²) in [5.41, 5.74) is 0.515. The zero-order valence-electron chi connectivity index (χ0n) is 15.1. The highest BCUT2D eigenvalue weighted by atomic mass is 32.1. The summed E-state index contributed by atoms with van der Waals surface area (Å²) in [4.78, 5) is 27.6. The minimum Gasteiger partial charge on any atom is -0.484 e. The molecule has 1 fully saturated rings. The molecule has 0 N–H and O–H groups in total. The normalized spacial score (nSPS) is 18.5. The quantitative estimate of drug-likeness (QED) is 0.749. The summed E-state index contributed by atoms with van der Waals surface area (Å²) in [6.07, 6.45) is 3.83. The Morgan fingerprint density at radius 1 is 1.33 bits per heavy atom. The fraction of sp³-hybridized carbons (Fsp3) is 0.333. The van der Waals surface area contributed by atoms with Gasteiger partial charge in [-0.3, -0.25) is 9.59 Å². The summed E-state index contributed by atoms with van der Waals surface area (Å²) in [5, 5.41) is 1.95. The fourth-order valence-corrected chi connectivity index (χ4v) is 3.90. The zero-order chi connectivity index (χ0) is 18.8. The molecule has 5 nitrogen and oxygen atoms in total. The van der Waals surface area contributed by atoms with Gasteiger partial charge in [-0.25, -0.2) is 0 Å². The molecule has 1 saturated heterocycles. The van der Waals surface area contributed by atoms with Crippen molar-refractivity contribution in [1.29, 1.82) is 0 Å². The summed E-state index contributed by atoms with van der Waals surface area (Å²) in [6.45, 7) is 3.80. The Bertz CT molecular complexity index is 880. The molecule has 0 saturated carbocycles. The molecule has 0 aliphatic carbocycles. The van der Waals surface area contributed by atoms with E-state index >= 15 is 0 Å². The number of amides is 1. The lowest BCUT2D eigenvalue weighted by molar-refractivity contribution is -0.134. The van der Waals surface area contributed by atoms with Gasteiger partial charge in [-0.15, -0.1) is 11.3 Å². The van der Waals surface area contributed by atoms with Gasteiger partial charge in [0.15, 0.2) is 12.4 Å². The van der Waals surface area contributed by atoms with Crippen LogP contribution < -0.4 is 9.47 Å². The standard InChI is InChI=1S/C21H21NO4S/c1-14-6-8-22(9-7-14)20(23)13-25-15-4-5-17-18(11-15)26-19(21(17)24)12-16-3-2-10-27-16/h2-5,10-12,14H,6-9,13H2,1H3. The average molecular weight is 383 g/mol. The van der Waals surface area contributed by atoms with Crippen LogP contribution in [0.5, 0.6) is 11.5 Å². The van der Waals surface area contributed by atoms with Gasteiger partial charge in [0.25, 0.3) is 5.91 Å². The first-order chi connectivity index (χ1) is 13.1. The number of thiophene rings is 1. The maximum Gasteiger partial charge on any atom is 0.260 e. The number of fused-ring (bicyclic) bond motifs is 1. The Balaban J connectivity index is 1.40. The lowest BCUT2D eigenvalue weighted by Gasteiger charge is -2.30. The predicted molar refractivity (Wildman–Crippen MR) is 104 cm³/mol. The van der Waals surface area contributed by atoms with Crippen LogP contribution in [0.2, 0.25) is 0 Å². The van der Waals surface area contributed by atoms with E-state index in [-0.39, 0.29) is 18.3 Å². The molecule has 0 bridgehead atoms. The third kappa shape index (κ3) is 3.90. The number of ketones is 1.